The number of halogens is 2. The lowest BCUT2D eigenvalue weighted by molar-refractivity contribution is 0.179. The second kappa shape index (κ2) is 3.56. The minimum Gasteiger partial charge on any atom is -0.290 e. The van der Waals surface area contributed by atoms with Gasteiger partial charge in [-0.2, -0.15) is 0 Å². The molecule has 0 bridgehead atoms. The molecule has 3 heteroatoms. The molecule has 1 aliphatic rings. The summed E-state index contributed by atoms with van der Waals surface area (Å²) in [7, 11) is 0. The monoisotopic (exact) mass is 211 g/mol. The van der Waals surface area contributed by atoms with Crippen LogP contribution in [-0.4, -0.2) is 10.9 Å². The van der Waals surface area contributed by atoms with Crippen molar-refractivity contribution < 1.29 is 8.78 Å². The summed E-state index contributed by atoms with van der Waals surface area (Å²) < 4.78 is 26.6. The number of nitrogens with zero attached hydrogens (tertiary/aromatic N) is 1. The van der Waals surface area contributed by atoms with Gasteiger partial charge in [-0.25, -0.2) is 8.78 Å². The first-order valence-electron chi connectivity index (χ1n) is 5.24. The van der Waals surface area contributed by atoms with Gasteiger partial charge in [0.25, 0.3) is 0 Å². The maximum absolute atomic E-state index is 13.5. The predicted molar refractivity (Wildman–Crippen MR) is 55.5 cm³/mol. The van der Waals surface area contributed by atoms with Crippen LogP contribution in [0.15, 0.2) is 12.1 Å². The fourth-order valence-electron chi connectivity index (χ4n) is 2.29. The maximum Gasteiger partial charge on any atom is 0.130 e. The number of fused-ring (bicyclic) bond motifs is 1. The highest BCUT2D eigenvalue weighted by atomic mass is 19.1. The van der Waals surface area contributed by atoms with Crippen molar-refractivity contribution >= 4 is 0 Å². The van der Waals surface area contributed by atoms with Crippen LogP contribution in [0.4, 0.5) is 8.78 Å². The van der Waals surface area contributed by atoms with Gasteiger partial charge in [0.05, 0.1) is 0 Å². The van der Waals surface area contributed by atoms with Crippen LogP contribution < -0.4 is 0 Å². The molecule has 0 aliphatic carbocycles. The Balaban J connectivity index is 2.45. The molecule has 15 heavy (non-hydrogen) atoms. The van der Waals surface area contributed by atoms with Crippen LogP contribution in [0.3, 0.4) is 0 Å². The van der Waals surface area contributed by atoms with Crippen molar-refractivity contribution in [3.05, 3.63) is 34.9 Å². The molecule has 1 heterocycles. The second-order valence-corrected chi connectivity index (χ2v) is 4.40. The second-order valence-electron chi connectivity index (χ2n) is 4.40. The molecule has 1 aromatic rings. The predicted octanol–water partition coefficient (Wildman–Crippen LogP) is 3.25. The number of hydrogen-bond donors (Lipinski definition) is 0. The van der Waals surface area contributed by atoms with Crippen molar-refractivity contribution in [2.45, 2.75) is 39.4 Å². The van der Waals surface area contributed by atoms with E-state index in [0.29, 0.717) is 18.2 Å². The molecule has 0 aromatic heterocycles. The summed E-state index contributed by atoms with van der Waals surface area (Å²) in [6.45, 7) is 6.71. The van der Waals surface area contributed by atoms with Crippen molar-refractivity contribution in [3.63, 3.8) is 0 Å². The topological polar surface area (TPSA) is 3.24 Å². The largest absolute Gasteiger partial charge is 0.290 e. The van der Waals surface area contributed by atoms with Crippen molar-refractivity contribution in [2.24, 2.45) is 0 Å². The maximum atomic E-state index is 13.5. The van der Waals surface area contributed by atoms with E-state index in [1.54, 1.807) is 0 Å². The summed E-state index contributed by atoms with van der Waals surface area (Å²) in [5.41, 5.74) is 1.44. The molecule has 0 spiro atoms. The molecular weight excluding hydrogens is 196 g/mol. The van der Waals surface area contributed by atoms with Crippen LogP contribution in [0.5, 0.6) is 0 Å². The summed E-state index contributed by atoms with van der Waals surface area (Å²) in [5.74, 6) is -0.899. The molecule has 1 aliphatic heterocycles. The normalized spacial score (nSPS) is 21.1. The lowest BCUT2D eigenvalue weighted by Gasteiger charge is -2.25. The van der Waals surface area contributed by atoms with Gasteiger partial charge in [-0.1, -0.05) is 0 Å². The average Bonchev–Trinajstić information content (AvgIpc) is 2.44. The smallest absolute Gasteiger partial charge is 0.130 e. The standard InChI is InChI=1S/C12H15F2N/c1-7(2)15-6-11-10(8(15)3)4-9(13)5-12(11)14/h4-5,7-8H,6H2,1-3H3. The van der Waals surface area contributed by atoms with E-state index >= 15 is 0 Å². The van der Waals surface area contributed by atoms with Gasteiger partial charge in [-0.3, -0.25) is 4.90 Å². The van der Waals surface area contributed by atoms with E-state index in [2.05, 4.69) is 18.7 Å². The molecule has 82 valence electrons. The van der Waals surface area contributed by atoms with E-state index in [9.17, 15) is 8.78 Å². The molecule has 1 nitrogen and oxygen atoms in total. The van der Waals surface area contributed by atoms with Gasteiger partial charge in [0.15, 0.2) is 0 Å². The lowest BCUT2D eigenvalue weighted by Crippen LogP contribution is -2.27. The highest BCUT2D eigenvalue weighted by Gasteiger charge is 2.31. The molecule has 0 fully saturated rings. The first kappa shape index (κ1) is 10.6. The van der Waals surface area contributed by atoms with Crippen molar-refractivity contribution in [1.82, 2.24) is 4.90 Å². The Morgan fingerprint density at radius 3 is 2.60 bits per heavy atom. The van der Waals surface area contributed by atoms with Gasteiger partial charge in [0.1, 0.15) is 11.6 Å². The number of rotatable bonds is 1. The summed E-state index contributed by atoms with van der Waals surface area (Å²) in [6, 6.07) is 2.86. The third-order valence-electron chi connectivity index (χ3n) is 3.15. The van der Waals surface area contributed by atoms with Crippen LogP contribution in [0.2, 0.25) is 0 Å². The van der Waals surface area contributed by atoms with E-state index in [0.717, 1.165) is 11.6 Å². The first-order chi connectivity index (χ1) is 7.00. The Kier molecular flexibility index (Phi) is 2.51. The SMILES string of the molecule is CC(C)N1Cc2c(F)cc(F)cc2C1C. The molecule has 0 N–H and O–H groups in total. The van der Waals surface area contributed by atoms with E-state index < -0.39 is 11.6 Å². The summed E-state index contributed by atoms with van der Waals surface area (Å²) >= 11 is 0. The quantitative estimate of drug-likeness (QED) is 0.689. The zero-order chi connectivity index (χ0) is 11.2. The van der Waals surface area contributed by atoms with Crippen molar-refractivity contribution in [3.8, 4) is 0 Å². The average molecular weight is 211 g/mol. The summed E-state index contributed by atoms with van der Waals surface area (Å²) in [5, 5.41) is 0. The number of hydrogen-bond acceptors (Lipinski definition) is 1. The molecule has 1 aromatic carbocycles. The van der Waals surface area contributed by atoms with Crippen LogP contribution >= 0.6 is 0 Å². The molecular formula is C12H15F2N. The Hall–Kier alpha value is -0.960. The van der Waals surface area contributed by atoms with Gasteiger partial charge in [-0.05, 0) is 32.4 Å². The summed E-state index contributed by atoms with van der Waals surface area (Å²) in [4.78, 5) is 2.16. The van der Waals surface area contributed by atoms with Crippen molar-refractivity contribution in [2.75, 3.05) is 0 Å². The highest BCUT2D eigenvalue weighted by molar-refractivity contribution is 5.35. The Labute approximate surface area is 88.7 Å². The van der Waals surface area contributed by atoms with Gasteiger partial charge < -0.3 is 0 Å². The molecule has 1 unspecified atom stereocenters. The first-order valence-corrected chi connectivity index (χ1v) is 5.24. The van der Waals surface area contributed by atoms with Gasteiger partial charge in [-0.15, -0.1) is 0 Å². The zero-order valence-corrected chi connectivity index (χ0v) is 9.22. The van der Waals surface area contributed by atoms with Crippen LogP contribution in [0, 0.1) is 11.6 Å². The van der Waals surface area contributed by atoms with Crippen LogP contribution in [-0.2, 0) is 6.54 Å². The molecule has 0 radical (unpaired) electrons. The van der Waals surface area contributed by atoms with Gasteiger partial charge in [0.2, 0.25) is 0 Å². The third-order valence-corrected chi connectivity index (χ3v) is 3.15. The molecule has 2 rings (SSSR count). The highest BCUT2D eigenvalue weighted by Crippen LogP contribution is 2.36. The number of benzene rings is 1. The van der Waals surface area contributed by atoms with E-state index in [1.165, 1.54) is 6.07 Å². The fourth-order valence-corrected chi connectivity index (χ4v) is 2.29. The fraction of sp³-hybridized carbons (Fsp3) is 0.500. The van der Waals surface area contributed by atoms with Gasteiger partial charge in [0, 0.05) is 30.3 Å². The van der Waals surface area contributed by atoms with E-state index in [1.807, 2.05) is 6.92 Å². The Morgan fingerprint density at radius 1 is 1.33 bits per heavy atom. The Morgan fingerprint density at radius 2 is 2.00 bits per heavy atom. The van der Waals surface area contributed by atoms with E-state index in [4.69, 9.17) is 0 Å². The zero-order valence-electron chi connectivity index (χ0n) is 9.22. The summed E-state index contributed by atoms with van der Waals surface area (Å²) in [6.07, 6.45) is 0. The Bertz CT molecular complexity index is 387. The molecule has 0 amide bonds. The minimum atomic E-state index is -0.483. The third kappa shape index (κ3) is 1.65. The van der Waals surface area contributed by atoms with E-state index in [-0.39, 0.29) is 6.04 Å². The molecule has 1 atom stereocenters. The van der Waals surface area contributed by atoms with Crippen molar-refractivity contribution in [1.29, 1.82) is 0 Å². The van der Waals surface area contributed by atoms with Crippen LogP contribution in [0.25, 0.3) is 0 Å². The lowest BCUT2D eigenvalue weighted by atomic mass is 10.1. The van der Waals surface area contributed by atoms with Gasteiger partial charge >= 0.3 is 0 Å². The molecule has 0 saturated carbocycles. The van der Waals surface area contributed by atoms with Crippen LogP contribution in [0.1, 0.15) is 37.9 Å². The minimum absolute atomic E-state index is 0.102. The molecule has 0 saturated heterocycles.